The fourth-order valence-electron chi connectivity index (χ4n) is 2.17. The predicted molar refractivity (Wildman–Crippen MR) is 88.4 cm³/mol. The van der Waals surface area contributed by atoms with E-state index in [0.29, 0.717) is 6.42 Å². The number of hydrogen-bond acceptors (Lipinski definition) is 2. The number of carboxylic acids is 1. The maximum atomic E-state index is 10.3. The van der Waals surface area contributed by atoms with Crippen LogP contribution < -0.4 is 0 Å². The third-order valence-corrected chi connectivity index (χ3v) is 3.43. The van der Waals surface area contributed by atoms with Crippen LogP contribution in [0, 0.1) is 0 Å². The Balaban J connectivity index is 3.31. The molecule has 1 atom stereocenters. The fourth-order valence-corrected chi connectivity index (χ4v) is 2.17. The Morgan fingerprint density at radius 2 is 1.57 bits per heavy atom. The first-order valence-electron chi connectivity index (χ1n) is 8.36. The number of rotatable bonds is 14. The van der Waals surface area contributed by atoms with E-state index in [2.05, 4.69) is 31.2 Å². The van der Waals surface area contributed by atoms with Crippen LogP contribution >= 0.6 is 0 Å². The summed E-state index contributed by atoms with van der Waals surface area (Å²) in [5.74, 6) is -0.698. The molecule has 3 heteroatoms. The van der Waals surface area contributed by atoms with Gasteiger partial charge in [-0.15, -0.1) is 0 Å². The average Bonchev–Trinajstić information content (AvgIpc) is 2.45. The standard InChI is InChI=1S/C18H32O3/c1-2-3-4-5-8-11-14-17(19)15-12-9-6-7-10-13-16-18(20)21/h3-4,8,11,17,19H,2,5-7,9-10,12-16H2,1H3,(H,20,21). The second-order valence-electron chi connectivity index (χ2n) is 5.53. The number of aliphatic hydroxyl groups excluding tert-OH is 1. The van der Waals surface area contributed by atoms with E-state index in [0.717, 1.165) is 64.2 Å². The Morgan fingerprint density at radius 3 is 2.24 bits per heavy atom. The van der Waals surface area contributed by atoms with Crippen LogP contribution in [0.3, 0.4) is 0 Å². The molecule has 0 aliphatic carbocycles. The normalized spacial score (nSPS) is 13.2. The molecular weight excluding hydrogens is 264 g/mol. The number of hydrogen-bond donors (Lipinski definition) is 2. The lowest BCUT2D eigenvalue weighted by Crippen LogP contribution is -2.04. The highest BCUT2D eigenvalue weighted by Crippen LogP contribution is 2.11. The molecule has 0 aliphatic heterocycles. The molecule has 0 bridgehead atoms. The highest BCUT2D eigenvalue weighted by molar-refractivity contribution is 5.66. The molecule has 0 fully saturated rings. The molecule has 2 N–H and O–H groups in total. The molecule has 0 saturated heterocycles. The summed E-state index contributed by atoms with van der Waals surface area (Å²) < 4.78 is 0. The molecule has 0 aromatic heterocycles. The van der Waals surface area contributed by atoms with Gasteiger partial charge in [0.2, 0.25) is 0 Å². The number of aliphatic carboxylic acids is 1. The summed E-state index contributed by atoms with van der Waals surface area (Å²) in [6.45, 7) is 2.12. The average molecular weight is 296 g/mol. The van der Waals surface area contributed by atoms with Gasteiger partial charge in [0, 0.05) is 6.42 Å². The quantitative estimate of drug-likeness (QED) is 0.355. The first-order valence-corrected chi connectivity index (χ1v) is 8.36. The monoisotopic (exact) mass is 296 g/mol. The molecule has 0 aromatic rings. The molecule has 0 aromatic carbocycles. The zero-order valence-electron chi connectivity index (χ0n) is 13.5. The molecule has 0 radical (unpaired) electrons. The third kappa shape index (κ3) is 16.9. The molecular formula is C18H32O3. The van der Waals surface area contributed by atoms with Crippen molar-refractivity contribution in [3.05, 3.63) is 24.3 Å². The van der Waals surface area contributed by atoms with Crippen LogP contribution in [0.2, 0.25) is 0 Å². The molecule has 1 unspecified atom stereocenters. The Labute approximate surface area is 129 Å². The molecule has 0 rings (SSSR count). The lowest BCUT2D eigenvalue weighted by Gasteiger charge is -2.07. The Bertz CT molecular complexity index is 295. The third-order valence-electron chi connectivity index (χ3n) is 3.43. The van der Waals surface area contributed by atoms with E-state index in [1.807, 2.05) is 0 Å². The van der Waals surface area contributed by atoms with Gasteiger partial charge in [0.05, 0.1) is 6.10 Å². The summed E-state index contributed by atoms with van der Waals surface area (Å²) in [7, 11) is 0. The number of unbranched alkanes of at least 4 members (excludes halogenated alkanes) is 5. The van der Waals surface area contributed by atoms with Crippen molar-refractivity contribution < 1.29 is 15.0 Å². The Morgan fingerprint density at radius 1 is 0.952 bits per heavy atom. The topological polar surface area (TPSA) is 57.5 Å². The van der Waals surface area contributed by atoms with E-state index in [4.69, 9.17) is 5.11 Å². The van der Waals surface area contributed by atoms with E-state index in [9.17, 15) is 9.90 Å². The molecule has 0 amide bonds. The Hall–Kier alpha value is -1.09. The van der Waals surface area contributed by atoms with Crippen molar-refractivity contribution in [2.24, 2.45) is 0 Å². The molecule has 0 spiro atoms. The van der Waals surface area contributed by atoms with E-state index in [1.165, 1.54) is 0 Å². The van der Waals surface area contributed by atoms with Crippen LogP contribution in [0.15, 0.2) is 24.3 Å². The van der Waals surface area contributed by atoms with E-state index < -0.39 is 5.97 Å². The zero-order valence-corrected chi connectivity index (χ0v) is 13.5. The van der Waals surface area contributed by atoms with Gasteiger partial charge in [-0.25, -0.2) is 0 Å². The van der Waals surface area contributed by atoms with Crippen molar-refractivity contribution in [2.45, 2.75) is 83.7 Å². The summed E-state index contributed by atoms with van der Waals surface area (Å²) in [5.41, 5.74) is 0. The van der Waals surface area contributed by atoms with Gasteiger partial charge in [-0.1, -0.05) is 63.3 Å². The van der Waals surface area contributed by atoms with Crippen molar-refractivity contribution in [1.82, 2.24) is 0 Å². The summed E-state index contributed by atoms with van der Waals surface area (Å²) in [4.78, 5) is 10.3. The lowest BCUT2D eigenvalue weighted by molar-refractivity contribution is -0.137. The van der Waals surface area contributed by atoms with Gasteiger partial charge in [-0.2, -0.15) is 0 Å². The second-order valence-corrected chi connectivity index (χ2v) is 5.53. The lowest BCUT2D eigenvalue weighted by atomic mass is 10.0. The van der Waals surface area contributed by atoms with Crippen molar-refractivity contribution in [3.63, 3.8) is 0 Å². The number of carboxylic acid groups (broad SMARTS) is 1. The van der Waals surface area contributed by atoms with Gasteiger partial charge in [-0.05, 0) is 32.1 Å². The molecule has 0 saturated carbocycles. The zero-order chi connectivity index (χ0) is 15.8. The van der Waals surface area contributed by atoms with Crippen LogP contribution in [0.5, 0.6) is 0 Å². The molecule has 0 heterocycles. The second kappa shape index (κ2) is 15.3. The van der Waals surface area contributed by atoms with Crippen LogP contribution in [0.1, 0.15) is 77.6 Å². The van der Waals surface area contributed by atoms with E-state index >= 15 is 0 Å². The minimum Gasteiger partial charge on any atom is -0.481 e. The van der Waals surface area contributed by atoms with Gasteiger partial charge in [0.1, 0.15) is 0 Å². The first-order chi connectivity index (χ1) is 10.2. The summed E-state index contributed by atoms with van der Waals surface area (Å²) >= 11 is 0. The summed E-state index contributed by atoms with van der Waals surface area (Å²) in [6, 6.07) is 0. The van der Waals surface area contributed by atoms with Crippen LogP contribution in [0.25, 0.3) is 0 Å². The van der Waals surface area contributed by atoms with Crippen LogP contribution in [-0.2, 0) is 4.79 Å². The highest BCUT2D eigenvalue weighted by Gasteiger charge is 2.01. The van der Waals surface area contributed by atoms with Gasteiger partial charge in [-0.3, -0.25) is 4.79 Å². The Kier molecular flexibility index (Phi) is 14.5. The highest BCUT2D eigenvalue weighted by atomic mass is 16.4. The van der Waals surface area contributed by atoms with Crippen molar-refractivity contribution in [1.29, 1.82) is 0 Å². The maximum absolute atomic E-state index is 10.3. The van der Waals surface area contributed by atoms with Crippen LogP contribution in [-0.4, -0.2) is 22.3 Å². The van der Waals surface area contributed by atoms with Crippen molar-refractivity contribution in [3.8, 4) is 0 Å². The number of aliphatic hydroxyl groups is 1. The fraction of sp³-hybridized carbons (Fsp3) is 0.722. The predicted octanol–water partition coefficient (Wildman–Crippen LogP) is 4.86. The van der Waals surface area contributed by atoms with E-state index in [-0.39, 0.29) is 6.10 Å². The van der Waals surface area contributed by atoms with E-state index in [1.54, 1.807) is 0 Å². The van der Waals surface area contributed by atoms with Gasteiger partial charge >= 0.3 is 5.97 Å². The molecule has 0 aliphatic rings. The summed E-state index contributed by atoms with van der Waals surface area (Å²) in [5, 5.41) is 18.3. The minimum atomic E-state index is -0.698. The maximum Gasteiger partial charge on any atom is 0.303 e. The van der Waals surface area contributed by atoms with Crippen molar-refractivity contribution in [2.75, 3.05) is 0 Å². The first kappa shape index (κ1) is 19.9. The number of allylic oxidation sites excluding steroid dienone is 3. The molecule has 21 heavy (non-hydrogen) atoms. The van der Waals surface area contributed by atoms with Crippen LogP contribution in [0.4, 0.5) is 0 Å². The van der Waals surface area contributed by atoms with Gasteiger partial charge in [0.25, 0.3) is 0 Å². The number of carbonyl (C=O) groups is 1. The van der Waals surface area contributed by atoms with Crippen molar-refractivity contribution >= 4 is 5.97 Å². The largest absolute Gasteiger partial charge is 0.481 e. The molecule has 122 valence electrons. The SMILES string of the molecule is CCC=CCC=CCC(O)CCCCCCCCC(=O)O. The minimum absolute atomic E-state index is 0.219. The van der Waals surface area contributed by atoms with Gasteiger partial charge in [0.15, 0.2) is 0 Å². The molecule has 3 nitrogen and oxygen atoms in total. The summed E-state index contributed by atoms with van der Waals surface area (Å²) in [6.07, 6.45) is 18.4. The smallest absolute Gasteiger partial charge is 0.303 e. The van der Waals surface area contributed by atoms with Gasteiger partial charge < -0.3 is 10.2 Å².